The van der Waals surface area contributed by atoms with Crippen LogP contribution in [0, 0.1) is 0 Å². The summed E-state index contributed by atoms with van der Waals surface area (Å²) in [4.78, 5) is 22.1. The van der Waals surface area contributed by atoms with Crippen LogP contribution >= 0.6 is 0 Å². The topological polar surface area (TPSA) is 113 Å². The van der Waals surface area contributed by atoms with Gasteiger partial charge in [-0.05, 0) is 26.7 Å². The van der Waals surface area contributed by atoms with E-state index in [1.165, 1.54) is 0 Å². The van der Waals surface area contributed by atoms with Crippen LogP contribution in [0.25, 0.3) is 0 Å². The summed E-state index contributed by atoms with van der Waals surface area (Å²) < 4.78 is 30.7. The number of nitrogens with zero attached hydrogens (tertiary/aromatic N) is 1. The van der Waals surface area contributed by atoms with E-state index in [0.717, 1.165) is 4.31 Å². The summed E-state index contributed by atoms with van der Waals surface area (Å²) >= 11 is 0. The Balaban J connectivity index is 2.74. The minimum Gasteiger partial charge on any atom is -0.480 e. The van der Waals surface area contributed by atoms with Crippen molar-refractivity contribution in [2.24, 2.45) is 0 Å². The highest BCUT2D eigenvalue weighted by Crippen LogP contribution is 2.20. The third-order valence-corrected chi connectivity index (χ3v) is 3.83. The zero-order valence-electron chi connectivity index (χ0n) is 10.1. The molecule has 0 bridgehead atoms. The molecule has 1 amide bonds. The van der Waals surface area contributed by atoms with Gasteiger partial charge in [0.05, 0.1) is 6.10 Å². The molecule has 0 aliphatic carbocycles. The van der Waals surface area contributed by atoms with Crippen molar-refractivity contribution < 1.29 is 27.9 Å². The van der Waals surface area contributed by atoms with Crippen molar-refractivity contribution in [1.82, 2.24) is 9.03 Å². The largest absolute Gasteiger partial charge is 0.480 e. The smallest absolute Gasteiger partial charge is 0.422 e. The molecule has 9 heteroatoms. The first-order chi connectivity index (χ1) is 8.24. The number of carboxylic acids is 1. The molecule has 2 N–H and O–H groups in total. The molecular weight excluding hydrogens is 264 g/mol. The van der Waals surface area contributed by atoms with Gasteiger partial charge in [0, 0.05) is 6.54 Å². The second-order valence-corrected chi connectivity index (χ2v) is 5.79. The Kier molecular flexibility index (Phi) is 4.52. The Bertz CT molecular complexity index is 432. The first kappa shape index (κ1) is 14.7. The average Bonchev–Trinajstić information content (AvgIpc) is 2.63. The molecule has 1 heterocycles. The second-order valence-electron chi connectivity index (χ2n) is 4.17. The lowest BCUT2D eigenvalue weighted by Gasteiger charge is -2.21. The van der Waals surface area contributed by atoms with Crippen LogP contribution in [0.4, 0.5) is 4.79 Å². The van der Waals surface area contributed by atoms with E-state index in [9.17, 15) is 18.0 Å². The maximum Gasteiger partial charge on any atom is 0.422 e. The normalized spacial score (nSPS) is 20.9. The molecule has 1 aliphatic rings. The Labute approximate surface area is 105 Å². The molecule has 1 rings (SSSR count). The molecule has 0 aromatic heterocycles. The molecule has 0 radical (unpaired) electrons. The van der Waals surface area contributed by atoms with Gasteiger partial charge >= 0.3 is 22.3 Å². The monoisotopic (exact) mass is 280 g/mol. The van der Waals surface area contributed by atoms with Gasteiger partial charge in [0.1, 0.15) is 6.04 Å². The van der Waals surface area contributed by atoms with Crippen LogP contribution in [0.2, 0.25) is 0 Å². The quantitative estimate of drug-likeness (QED) is 0.744. The van der Waals surface area contributed by atoms with E-state index in [0.29, 0.717) is 6.42 Å². The molecule has 1 atom stereocenters. The maximum absolute atomic E-state index is 11.8. The van der Waals surface area contributed by atoms with Gasteiger partial charge in [0.15, 0.2) is 0 Å². The van der Waals surface area contributed by atoms with Crippen LogP contribution in [0.1, 0.15) is 26.7 Å². The molecule has 0 saturated carbocycles. The maximum atomic E-state index is 11.8. The van der Waals surface area contributed by atoms with E-state index in [1.54, 1.807) is 18.6 Å². The second kappa shape index (κ2) is 5.53. The predicted octanol–water partition coefficient (Wildman–Crippen LogP) is -0.0852. The zero-order chi connectivity index (χ0) is 13.9. The van der Waals surface area contributed by atoms with Crippen LogP contribution in [0.3, 0.4) is 0 Å². The van der Waals surface area contributed by atoms with E-state index in [2.05, 4.69) is 4.74 Å². The Morgan fingerprint density at radius 1 is 1.44 bits per heavy atom. The summed E-state index contributed by atoms with van der Waals surface area (Å²) in [6, 6.07) is -1.13. The highest BCUT2D eigenvalue weighted by atomic mass is 32.2. The zero-order valence-corrected chi connectivity index (χ0v) is 10.9. The number of amides is 1. The standard InChI is InChI=1S/C9H16N2O6S/c1-6(2)17-9(14)10-18(15,16)11-5-3-4-7(11)8(12)13/h6-7H,3-5H2,1-2H3,(H,10,14)(H,12,13)/t7-/m0/s1. The summed E-state index contributed by atoms with van der Waals surface area (Å²) in [6.45, 7) is 3.21. The first-order valence-electron chi connectivity index (χ1n) is 5.47. The fourth-order valence-electron chi connectivity index (χ4n) is 1.68. The molecule has 1 saturated heterocycles. The van der Waals surface area contributed by atoms with E-state index < -0.39 is 34.4 Å². The van der Waals surface area contributed by atoms with Gasteiger partial charge in [0.2, 0.25) is 0 Å². The average molecular weight is 280 g/mol. The highest BCUT2D eigenvalue weighted by molar-refractivity contribution is 7.87. The van der Waals surface area contributed by atoms with Gasteiger partial charge in [-0.3, -0.25) is 4.79 Å². The van der Waals surface area contributed by atoms with Gasteiger partial charge in [-0.25, -0.2) is 9.52 Å². The minimum absolute atomic E-state index is 0.0707. The number of aliphatic carboxylic acids is 1. The number of hydrogen-bond acceptors (Lipinski definition) is 5. The lowest BCUT2D eigenvalue weighted by atomic mass is 10.2. The molecule has 8 nitrogen and oxygen atoms in total. The van der Waals surface area contributed by atoms with Crippen molar-refractivity contribution in [1.29, 1.82) is 0 Å². The minimum atomic E-state index is -4.17. The lowest BCUT2D eigenvalue weighted by Crippen LogP contribution is -2.48. The Morgan fingerprint density at radius 2 is 2.06 bits per heavy atom. The molecule has 0 aromatic rings. The van der Waals surface area contributed by atoms with Crippen molar-refractivity contribution in [2.75, 3.05) is 6.54 Å². The van der Waals surface area contributed by atoms with Crippen molar-refractivity contribution >= 4 is 22.3 Å². The van der Waals surface area contributed by atoms with Crippen LogP contribution in [0.5, 0.6) is 0 Å². The Morgan fingerprint density at radius 3 is 2.56 bits per heavy atom. The summed E-state index contributed by atoms with van der Waals surface area (Å²) in [5.41, 5.74) is 0. The van der Waals surface area contributed by atoms with Gasteiger partial charge in [0.25, 0.3) is 0 Å². The summed E-state index contributed by atoms with van der Waals surface area (Å²) in [5.74, 6) is -1.23. The molecule has 104 valence electrons. The van der Waals surface area contributed by atoms with Crippen molar-refractivity contribution in [3.63, 3.8) is 0 Å². The van der Waals surface area contributed by atoms with E-state index in [1.807, 2.05) is 0 Å². The Hall–Kier alpha value is -1.35. The first-order valence-corrected chi connectivity index (χ1v) is 6.91. The van der Waals surface area contributed by atoms with E-state index in [-0.39, 0.29) is 13.0 Å². The van der Waals surface area contributed by atoms with Gasteiger partial charge in [-0.15, -0.1) is 0 Å². The summed E-state index contributed by atoms with van der Waals surface area (Å²) in [6.07, 6.45) is -0.901. The number of ether oxygens (including phenoxy) is 1. The number of carbonyl (C=O) groups is 2. The molecule has 0 aromatic carbocycles. The lowest BCUT2D eigenvalue weighted by molar-refractivity contribution is -0.140. The molecule has 18 heavy (non-hydrogen) atoms. The third kappa shape index (κ3) is 3.57. The molecule has 1 fully saturated rings. The van der Waals surface area contributed by atoms with Crippen LogP contribution in [-0.2, 0) is 19.7 Å². The van der Waals surface area contributed by atoms with Crippen LogP contribution in [0.15, 0.2) is 0 Å². The molecule has 0 spiro atoms. The number of rotatable bonds is 4. The van der Waals surface area contributed by atoms with Gasteiger partial charge in [-0.1, -0.05) is 0 Å². The highest BCUT2D eigenvalue weighted by Gasteiger charge is 2.39. The van der Waals surface area contributed by atoms with Crippen molar-refractivity contribution in [3.05, 3.63) is 0 Å². The SMILES string of the molecule is CC(C)OC(=O)NS(=O)(=O)N1CCC[C@H]1C(=O)O. The summed E-state index contributed by atoms with van der Waals surface area (Å²) in [7, 11) is -4.17. The number of carbonyl (C=O) groups excluding carboxylic acids is 1. The van der Waals surface area contributed by atoms with E-state index >= 15 is 0 Å². The van der Waals surface area contributed by atoms with Gasteiger partial charge in [-0.2, -0.15) is 12.7 Å². The van der Waals surface area contributed by atoms with Crippen LogP contribution in [-0.4, -0.2) is 48.6 Å². The van der Waals surface area contributed by atoms with Crippen LogP contribution < -0.4 is 4.72 Å². The van der Waals surface area contributed by atoms with Crippen molar-refractivity contribution in [3.8, 4) is 0 Å². The molecule has 1 aliphatic heterocycles. The molecule has 0 unspecified atom stereocenters. The van der Waals surface area contributed by atoms with E-state index in [4.69, 9.17) is 5.11 Å². The molecular formula is C9H16N2O6S. The number of nitrogens with one attached hydrogen (secondary N) is 1. The van der Waals surface area contributed by atoms with Gasteiger partial charge < -0.3 is 9.84 Å². The number of carboxylic acid groups (broad SMARTS) is 1. The van der Waals surface area contributed by atoms with Crippen molar-refractivity contribution in [2.45, 2.75) is 38.8 Å². The third-order valence-electron chi connectivity index (χ3n) is 2.35. The fourth-order valence-corrected chi connectivity index (χ4v) is 2.95. The fraction of sp³-hybridized carbons (Fsp3) is 0.778. The number of hydrogen-bond donors (Lipinski definition) is 2. The summed E-state index contributed by atoms with van der Waals surface area (Å²) in [5, 5.41) is 8.88. The predicted molar refractivity (Wildman–Crippen MR) is 61.0 cm³/mol.